The number of hydrogen-bond acceptors (Lipinski definition) is 3. The molecule has 2 nitrogen and oxygen atoms in total. The average Bonchev–Trinajstić information content (AvgIpc) is 2.73. The Morgan fingerprint density at radius 2 is 2.24 bits per heavy atom. The SMILES string of the molecule is O=Cc1cc(F)ccc1OCc1cc(Br)cs1. The van der Waals surface area contributed by atoms with Crippen molar-refractivity contribution in [3.8, 4) is 5.75 Å². The van der Waals surface area contributed by atoms with Gasteiger partial charge in [-0.1, -0.05) is 0 Å². The molecule has 0 amide bonds. The summed E-state index contributed by atoms with van der Waals surface area (Å²) in [6.07, 6.45) is 0.586. The van der Waals surface area contributed by atoms with Gasteiger partial charge in [0.25, 0.3) is 0 Å². The Morgan fingerprint density at radius 3 is 2.88 bits per heavy atom. The predicted octanol–water partition coefficient (Wildman–Crippen LogP) is 4.04. The highest BCUT2D eigenvalue weighted by molar-refractivity contribution is 9.10. The summed E-state index contributed by atoms with van der Waals surface area (Å²) in [5, 5.41) is 1.95. The minimum Gasteiger partial charge on any atom is -0.487 e. The van der Waals surface area contributed by atoms with E-state index in [4.69, 9.17) is 4.74 Å². The second-order valence-electron chi connectivity index (χ2n) is 3.32. The van der Waals surface area contributed by atoms with Gasteiger partial charge in [0.15, 0.2) is 6.29 Å². The Labute approximate surface area is 110 Å². The first-order valence-corrected chi connectivity index (χ1v) is 6.47. The van der Waals surface area contributed by atoms with Crippen LogP contribution in [0.15, 0.2) is 34.1 Å². The molecule has 0 radical (unpaired) electrons. The largest absolute Gasteiger partial charge is 0.487 e. The number of ether oxygens (including phenoxy) is 1. The van der Waals surface area contributed by atoms with Crippen molar-refractivity contribution in [2.24, 2.45) is 0 Å². The van der Waals surface area contributed by atoms with Crippen molar-refractivity contribution in [3.05, 3.63) is 50.4 Å². The van der Waals surface area contributed by atoms with Gasteiger partial charge in [-0.15, -0.1) is 11.3 Å². The number of rotatable bonds is 4. The van der Waals surface area contributed by atoms with Gasteiger partial charge < -0.3 is 4.74 Å². The average molecular weight is 315 g/mol. The van der Waals surface area contributed by atoms with E-state index in [1.54, 1.807) is 11.3 Å². The van der Waals surface area contributed by atoms with Gasteiger partial charge in [-0.2, -0.15) is 0 Å². The molecular formula is C12H8BrFO2S. The molecule has 1 aromatic heterocycles. The van der Waals surface area contributed by atoms with Gasteiger partial charge in [-0.25, -0.2) is 4.39 Å². The highest BCUT2D eigenvalue weighted by atomic mass is 79.9. The minimum atomic E-state index is -0.446. The summed E-state index contributed by atoms with van der Waals surface area (Å²) in [7, 11) is 0. The maximum absolute atomic E-state index is 12.9. The van der Waals surface area contributed by atoms with Gasteiger partial charge in [-0.05, 0) is 40.2 Å². The zero-order valence-electron chi connectivity index (χ0n) is 8.65. The van der Waals surface area contributed by atoms with Crippen molar-refractivity contribution in [2.45, 2.75) is 6.61 Å². The number of benzene rings is 1. The lowest BCUT2D eigenvalue weighted by Gasteiger charge is -2.06. The second kappa shape index (κ2) is 5.42. The van der Waals surface area contributed by atoms with Crippen LogP contribution in [0.25, 0.3) is 0 Å². The van der Waals surface area contributed by atoms with Gasteiger partial charge in [-0.3, -0.25) is 4.79 Å². The van der Waals surface area contributed by atoms with Crippen LogP contribution in [0.4, 0.5) is 4.39 Å². The Balaban J connectivity index is 2.11. The fraction of sp³-hybridized carbons (Fsp3) is 0.0833. The Kier molecular flexibility index (Phi) is 3.91. The summed E-state index contributed by atoms with van der Waals surface area (Å²) in [4.78, 5) is 11.8. The van der Waals surface area contributed by atoms with Crippen LogP contribution in [0.1, 0.15) is 15.2 Å². The van der Waals surface area contributed by atoms with Gasteiger partial charge >= 0.3 is 0 Å². The molecule has 17 heavy (non-hydrogen) atoms. The number of thiophene rings is 1. The highest BCUT2D eigenvalue weighted by Gasteiger charge is 2.05. The molecule has 0 aliphatic rings. The van der Waals surface area contributed by atoms with Crippen LogP contribution in [0.5, 0.6) is 5.75 Å². The van der Waals surface area contributed by atoms with Crippen LogP contribution in [-0.2, 0) is 6.61 Å². The van der Waals surface area contributed by atoms with E-state index in [-0.39, 0.29) is 5.56 Å². The summed E-state index contributed by atoms with van der Waals surface area (Å²) >= 11 is 4.90. The monoisotopic (exact) mass is 314 g/mol. The normalized spacial score (nSPS) is 10.2. The third-order valence-corrected chi connectivity index (χ3v) is 3.76. The molecule has 0 aliphatic heterocycles. The summed E-state index contributed by atoms with van der Waals surface area (Å²) in [5.74, 6) is -0.0516. The summed E-state index contributed by atoms with van der Waals surface area (Å²) in [6.45, 7) is 0.364. The first kappa shape index (κ1) is 12.3. The zero-order chi connectivity index (χ0) is 12.3. The molecule has 1 heterocycles. The van der Waals surface area contributed by atoms with Crippen LogP contribution in [0.3, 0.4) is 0 Å². The Morgan fingerprint density at radius 1 is 1.41 bits per heavy atom. The maximum Gasteiger partial charge on any atom is 0.153 e. The molecular weight excluding hydrogens is 307 g/mol. The molecule has 0 aliphatic carbocycles. The number of carbonyl (C=O) groups excluding carboxylic acids is 1. The van der Waals surface area contributed by atoms with E-state index >= 15 is 0 Å². The van der Waals surface area contributed by atoms with E-state index in [0.717, 1.165) is 15.4 Å². The minimum absolute atomic E-state index is 0.223. The summed E-state index contributed by atoms with van der Waals surface area (Å²) in [5.41, 5.74) is 0.223. The summed E-state index contributed by atoms with van der Waals surface area (Å²) in [6, 6.07) is 5.83. The van der Waals surface area contributed by atoms with Gasteiger partial charge in [0.1, 0.15) is 18.2 Å². The molecule has 0 N–H and O–H groups in total. The lowest BCUT2D eigenvalue weighted by atomic mass is 10.2. The van der Waals surface area contributed by atoms with Gasteiger partial charge in [0.05, 0.1) is 5.56 Å². The topological polar surface area (TPSA) is 26.3 Å². The smallest absolute Gasteiger partial charge is 0.153 e. The molecule has 5 heteroatoms. The highest BCUT2D eigenvalue weighted by Crippen LogP contribution is 2.23. The van der Waals surface area contributed by atoms with Crippen molar-refractivity contribution < 1.29 is 13.9 Å². The molecule has 0 bridgehead atoms. The van der Waals surface area contributed by atoms with E-state index < -0.39 is 5.82 Å². The van der Waals surface area contributed by atoms with E-state index in [2.05, 4.69) is 15.9 Å². The fourth-order valence-corrected chi connectivity index (χ4v) is 2.68. The van der Waals surface area contributed by atoms with Crippen LogP contribution < -0.4 is 4.74 Å². The molecule has 2 rings (SSSR count). The summed E-state index contributed by atoms with van der Waals surface area (Å²) < 4.78 is 19.4. The van der Waals surface area contributed by atoms with E-state index in [0.29, 0.717) is 18.6 Å². The molecule has 0 saturated heterocycles. The van der Waals surface area contributed by atoms with Crippen LogP contribution >= 0.6 is 27.3 Å². The van der Waals surface area contributed by atoms with Crippen molar-refractivity contribution in [1.82, 2.24) is 0 Å². The van der Waals surface area contributed by atoms with Crippen molar-refractivity contribution in [1.29, 1.82) is 0 Å². The molecule has 88 valence electrons. The first-order valence-electron chi connectivity index (χ1n) is 4.79. The maximum atomic E-state index is 12.9. The number of carbonyl (C=O) groups is 1. The first-order chi connectivity index (χ1) is 8.19. The van der Waals surface area contributed by atoms with E-state index in [1.165, 1.54) is 12.1 Å². The van der Waals surface area contributed by atoms with Gasteiger partial charge in [0.2, 0.25) is 0 Å². The van der Waals surface area contributed by atoms with E-state index in [1.807, 2.05) is 11.4 Å². The van der Waals surface area contributed by atoms with Crippen molar-refractivity contribution >= 4 is 33.6 Å². The van der Waals surface area contributed by atoms with Gasteiger partial charge in [0, 0.05) is 14.7 Å². The second-order valence-corrected chi connectivity index (χ2v) is 5.23. The van der Waals surface area contributed by atoms with Crippen LogP contribution in [0, 0.1) is 5.82 Å². The third kappa shape index (κ3) is 3.14. The molecule has 0 spiro atoms. The Hall–Kier alpha value is -1.20. The number of aldehydes is 1. The Bertz CT molecular complexity index is 539. The lowest BCUT2D eigenvalue weighted by molar-refractivity contribution is 0.111. The fourth-order valence-electron chi connectivity index (χ4n) is 1.32. The zero-order valence-corrected chi connectivity index (χ0v) is 11.1. The van der Waals surface area contributed by atoms with Crippen molar-refractivity contribution in [2.75, 3.05) is 0 Å². The van der Waals surface area contributed by atoms with E-state index in [9.17, 15) is 9.18 Å². The van der Waals surface area contributed by atoms with Crippen LogP contribution in [0.2, 0.25) is 0 Å². The lowest BCUT2D eigenvalue weighted by Crippen LogP contribution is -1.97. The number of halogens is 2. The van der Waals surface area contributed by atoms with Crippen LogP contribution in [-0.4, -0.2) is 6.29 Å². The van der Waals surface area contributed by atoms with Crippen molar-refractivity contribution in [3.63, 3.8) is 0 Å². The quantitative estimate of drug-likeness (QED) is 0.796. The molecule has 0 unspecified atom stereocenters. The standard InChI is InChI=1S/C12H8BrFO2S/c13-9-4-11(17-7-9)6-16-12-2-1-10(14)3-8(12)5-15/h1-5,7H,6H2. The molecule has 0 saturated carbocycles. The predicted molar refractivity (Wildman–Crippen MR) is 68.1 cm³/mol. The number of hydrogen-bond donors (Lipinski definition) is 0. The molecule has 1 aromatic carbocycles. The third-order valence-electron chi connectivity index (χ3n) is 2.09. The molecule has 0 atom stereocenters. The molecule has 0 fully saturated rings. The molecule has 2 aromatic rings.